The number of halogens is 1. The molecule has 0 saturated carbocycles. The van der Waals surface area contributed by atoms with Gasteiger partial charge >= 0.3 is 0 Å². The van der Waals surface area contributed by atoms with Crippen LogP contribution in [0.2, 0.25) is 0 Å². The van der Waals surface area contributed by atoms with Gasteiger partial charge in [-0.3, -0.25) is 4.79 Å². The van der Waals surface area contributed by atoms with Gasteiger partial charge in [-0.1, -0.05) is 12.1 Å². The highest BCUT2D eigenvalue weighted by Crippen LogP contribution is 2.38. The van der Waals surface area contributed by atoms with Crippen LogP contribution in [0.4, 0.5) is 4.39 Å². The molecule has 8 heteroatoms. The molecule has 1 fully saturated rings. The summed E-state index contributed by atoms with van der Waals surface area (Å²) in [7, 11) is 0. The molecule has 0 aliphatic carbocycles. The first-order valence-corrected chi connectivity index (χ1v) is 11.1. The summed E-state index contributed by atoms with van der Waals surface area (Å²) in [4.78, 5) is 19.3. The van der Waals surface area contributed by atoms with Gasteiger partial charge in [-0.05, 0) is 42.3 Å². The number of amides is 1. The minimum Gasteiger partial charge on any atom is -0.493 e. The molecule has 1 N–H and O–H groups in total. The van der Waals surface area contributed by atoms with Crippen molar-refractivity contribution in [3.8, 4) is 11.8 Å². The summed E-state index contributed by atoms with van der Waals surface area (Å²) in [5, 5.41) is 12.3. The van der Waals surface area contributed by atoms with E-state index in [2.05, 4.69) is 16.4 Å². The fourth-order valence-electron chi connectivity index (χ4n) is 4.62. The number of fused-ring (bicyclic) bond motifs is 1. The van der Waals surface area contributed by atoms with Crippen molar-refractivity contribution in [1.82, 2.24) is 19.8 Å². The third kappa shape index (κ3) is 4.32. The zero-order chi connectivity index (χ0) is 22.8. The number of nitrogens with zero attached hydrogens (tertiary/aromatic N) is 4. The molecule has 0 bridgehead atoms. The molecular formula is C25H24FN5O2. The monoisotopic (exact) mass is 445 g/mol. The minimum atomic E-state index is -0.318. The molecule has 2 aliphatic heterocycles. The second-order valence-electron chi connectivity index (χ2n) is 8.41. The van der Waals surface area contributed by atoms with Crippen LogP contribution in [0.25, 0.3) is 0 Å². The number of likely N-dealkylation sites (tertiary alicyclic amines) is 1. The average molecular weight is 445 g/mol. The maximum absolute atomic E-state index is 13.8. The second kappa shape index (κ2) is 9.04. The third-order valence-corrected chi connectivity index (χ3v) is 6.36. The lowest BCUT2D eigenvalue weighted by atomic mass is 9.99. The molecule has 2 atom stereocenters. The first kappa shape index (κ1) is 21.2. The van der Waals surface area contributed by atoms with E-state index in [-0.39, 0.29) is 23.8 Å². The summed E-state index contributed by atoms with van der Waals surface area (Å²) in [6, 6.07) is 13.7. The number of hydrogen-bond acceptors (Lipinski definition) is 5. The Hall–Kier alpha value is -3.70. The maximum Gasteiger partial charge on any atom is 0.240 e. The van der Waals surface area contributed by atoms with Gasteiger partial charge in [-0.2, -0.15) is 5.26 Å². The van der Waals surface area contributed by atoms with E-state index >= 15 is 0 Å². The van der Waals surface area contributed by atoms with E-state index in [1.165, 1.54) is 12.1 Å². The summed E-state index contributed by atoms with van der Waals surface area (Å²) in [6.07, 6.45) is 4.92. The summed E-state index contributed by atoms with van der Waals surface area (Å²) in [6.45, 7) is 2.29. The minimum absolute atomic E-state index is 0.0373. The number of aromatic nitrogens is 2. The molecule has 5 rings (SSSR count). The highest BCUT2D eigenvalue weighted by Gasteiger charge is 2.38. The Morgan fingerprint density at radius 2 is 2.06 bits per heavy atom. The first-order chi connectivity index (χ1) is 16.1. The lowest BCUT2D eigenvalue weighted by Crippen LogP contribution is -2.40. The number of rotatable bonds is 6. The highest BCUT2D eigenvalue weighted by atomic mass is 19.1. The van der Waals surface area contributed by atoms with Crippen molar-refractivity contribution in [3.63, 3.8) is 0 Å². The maximum atomic E-state index is 13.8. The largest absolute Gasteiger partial charge is 0.493 e. The summed E-state index contributed by atoms with van der Waals surface area (Å²) in [5.41, 5.74) is 3.42. The first-order valence-electron chi connectivity index (χ1n) is 11.1. The van der Waals surface area contributed by atoms with Crippen molar-refractivity contribution < 1.29 is 13.9 Å². The van der Waals surface area contributed by atoms with Crippen LogP contribution in [-0.4, -0.2) is 39.6 Å². The molecule has 33 heavy (non-hydrogen) atoms. The van der Waals surface area contributed by atoms with E-state index in [9.17, 15) is 9.18 Å². The van der Waals surface area contributed by atoms with Gasteiger partial charge in [0.05, 0.1) is 42.3 Å². The van der Waals surface area contributed by atoms with Crippen molar-refractivity contribution in [2.75, 3.05) is 13.2 Å². The number of nitriles is 1. The van der Waals surface area contributed by atoms with Crippen molar-refractivity contribution in [1.29, 1.82) is 5.26 Å². The molecule has 2 aliphatic rings. The Labute approximate surface area is 191 Å². The van der Waals surface area contributed by atoms with Crippen LogP contribution in [0, 0.1) is 17.1 Å². The van der Waals surface area contributed by atoms with Gasteiger partial charge in [-0.15, -0.1) is 0 Å². The second-order valence-corrected chi connectivity index (χ2v) is 8.41. The third-order valence-electron chi connectivity index (χ3n) is 6.36. The standard InChI is InChI=1S/C25H24FN5O2/c26-19-5-6-24-21(11-19)23(8-10-33-24)31-9-7-22(25(31)32)29-14-20-13-28-16-30(20)15-18-3-1-17(12-27)2-4-18/h1-6,11,13,16,22-23,29H,7-10,14-15H2/t22-,23?/m1/s1. The Bertz CT molecular complexity index is 1200. The number of benzene rings is 2. The smallest absolute Gasteiger partial charge is 0.240 e. The number of carbonyl (C=O) groups is 1. The topological polar surface area (TPSA) is 83.2 Å². The van der Waals surface area contributed by atoms with Gasteiger partial charge < -0.3 is 19.5 Å². The number of carbonyl (C=O) groups excluding carboxylic acids is 1. The lowest BCUT2D eigenvalue weighted by molar-refractivity contribution is -0.132. The Morgan fingerprint density at radius 1 is 1.21 bits per heavy atom. The molecule has 3 heterocycles. The lowest BCUT2D eigenvalue weighted by Gasteiger charge is -2.33. The molecule has 1 unspecified atom stereocenters. The predicted molar refractivity (Wildman–Crippen MR) is 119 cm³/mol. The van der Waals surface area contributed by atoms with Crippen LogP contribution >= 0.6 is 0 Å². The van der Waals surface area contributed by atoms with Crippen molar-refractivity contribution in [2.45, 2.75) is 38.0 Å². The van der Waals surface area contributed by atoms with E-state index in [1.807, 2.05) is 21.6 Å². The van der Waals surface area contributed by atoms with Gasteiger partial charge in [0.25, 0.3) is 0 Å². The van der Waals surface area contributed by atoms with Crippen LogP contribution in [0.1, 0.15) is 41.3 Å². The number of hydrogen-bond donors (Lipinski definition) is 1. The van der Waals surface area contributed by atoms with Gasteiger partial charge in [0.15, 0.2) is 0 Å². The summed E-state index contributed by atoms with van der Waals surface area (Å²) in [5.74, 6) is 0.375. The van der Waals surface area contributed by atoms with Crippen LogP contribution in [0.15, 0.2) is 55.0 Å². The van der Waals surface area contributed by atoms with Crippen molar-refractivity contribution in [3.05, 3.63) is 83.2 Å². The number of nitrogens with one attached hydrogen (secondary N) is 1. The Balaban J connectivity index is 1.23. The Morgan fingerprint density at radius 3 is 2.88 bits per heavy atom. The van der Waals surface area contributed by atoms with E-state index in [0.717, 1.165) is 16.8 Å². The zero-order valence-corrected chi connectivity index (χ0v) is 18.1. The molecule has 1 saturated heterocycles. The van der Waals surface area contributed by atoms with Crippen molar-refractivity contribution >= 4 is 5.91 Å². The van der Waals surface area contributed by atoms with Crippen molar-refractivity contribution in [2.24, 2.45) is 0 Å². The van der Waals surface area contributed by atoms with Gasteiger partial charge in [-0.25, -0.2) is 9.37 Å². The van der Waals surface area contributed by atoms with Gasteiger partial charge in [0.2, 0.25) is 5.91 Å². The predicted octanol–water partition coefficient (Wildman–Crippen LogP) is 3.16. The average Bonchev–Trinajstić information content (AvgIpc) is 3.43. The zero-order valence-electron chi connectivity index (χ0n) is 18.1. The quantitative estimate of drug-likeness (QED) is 0.630. The molecule has 3 aromatic rings. The van der Waals surface area contributed by atoms with Crippen LogP contribution in [0.5, 0.6) is 5.75 Å². The molecule has 2 aromatic carbocycles. The molecule has 168 valence electrons. The molecule has 0 radical (unpaired) electrons. The summed E-state index contributed by atoms with van der Waals surface area (Å²) >= 11 is 0. The van der Waals surface area contributed by atoms with Gasteiger partial charge in [0.1, 0.15) is 11.6 Å². The normalized spacial score (nSPS) is 19.8. The number of imidazole rings is 1. The Kier molecular flexibility index (Phi) is 5.80. The SMILES string of the molecule is N#Cc1ccc(Cn2cncc2CN[C@@H]2CCN(C3CCOc4ccc(F)cc43)C2=O)cc1. The fraction of sp³-hybridized carbons (Fsp3) is 0.320. The molecule has 1 amide bonds. The van der Waals surface area contributed by atoms with Crippen LogP contribution < -0.4 is 10.1 Å². The van der Waals surface area contributed by atoms with E-state index in [4.69, 9.17) is 10.00 Å². The highest BCUT2D eigenvalue weighted by molar-refractivity contribution is 5.84. The van der Waals surface area contributed by atoms with Gasteiger partial charge in [0, 0.05) is 37.8 Å². The van der Waals surface area contributed by atoms with Crippen LogP contribution in [0.3, 0.4) is 0 Å². The molecule has 1 aromatic heterocycles. The fourth-order valence-corrected chi connectivity index (χ4v) is 4.62. The molecule has 0 spiro atoms. The van der Waals surface area contributed by atoms with Crippen LogP contribution in [-0.2, 0) is 17.9 Å². The summed E-state index contributed by atoms with van der Waals surface area (Å²) < 4.78 is 21.5. The number of ether oxygens (including phenoxy) is 1. The van der Waals surface area contributed by atoms with E-state index in [1.54, 1.807) is 30.7 Å². The molecular weight excluding hydrogens is 421 g/mol. The van der Waals surface area contributed by atoms with E-state index in [0.29, 0.717) is 50.4 Å². The molecule has 7 nitrogen and oxygen atoms in total. The van der Waals surface area contributed by atoms with E-state index < -0.39 is 0 Å².